The van der Waals surface area contributed by atoms with Gasteiger partial charge >= 0.3 is 5.97 Å². The van der Waals surface area contributed by atoms with Crippen LogP contribution in [0, 0.1) is 6.92 Å². The van der Waals surface area contributed by atoms with Crippen LogP contribution in [-0.2, 0) is 7.05 Å². The number of amides is 1. The highest BCUT2D eigenvalue weighted by Gasteiger charge is 2.13. The van der Waals surface area contributed by atoms with Crippen LogP contribution in [0.25, 0.3) is 0 Å². The summed E-state index contributed by atoms with van der Waals surface area (Å²) in [5.74, 6) is -1.94. The summed E-state index contributed by atoms with van der Waals surface area (Å²) in [5.41, 5.74) is 1.54. The van der Waals surface area contributed by atoms with Gasteiger partial charge in [0.15, 0.2) is 0 Å². The Balaban J connectivity index is 2.22. The molecule has 0 unspecified atom stereocenters. The van der Waals surface area contributed by atoms with Crippen molar-refractivity contribution in [3.63, 3.8) is 0 Å². The van der Waals surface area contributed by atoms with Gasteiger partial charge in [-0.1, -0.05) is 0 Å². The molecule has 0 saturated carbocycles. The molecule has 1 aromatic heterocycles. The zero-order chi connectivity index (χ0) is 14.9. The standard InChI is InChI=1S/C14H14N2O4/c1-8-3-6-11(16(8)2)13(18)15-9-4-5-10(14(19)20)12(17)7-9/h3-7,17H,1-2H3,(H,15,18)(H,19,20). The fraction of sp³-hybridized carbons (Fsp3) is 0.143. The summed E-state index contributed by atoms with van der Waals surface area (Å²) in [7, 11) is 1.77. The highest BCUT2D eigenvalue weighted by Crippen LogP contribution is 2.22. The van der Waals surface area contributed by atoms with Crippen LogP contribution in [0.1, 0.15) is 26.5 Å². The van der Waals surface area contributed by atoms with Gasteiger partial charge in [0.05, 0.1) is 0 Å². The molecular formula is C14H14N2O4. The third kappa shape index (κ3) is 2.49. The number of carbonyl (C=O) groups is 2. The van der Waals surface area contributed by atoms with Gasteiger partial charge in [0.2, 0.25) is 0 Å². The molecule has 0 aliphatic rings. The van der Waals surface area contributed by atoms with Crippen LogP contribution in [0.15, 0.2) is 30.3 Å². The van der Waals surface area contributed by atoms with E-state index < -0.39 is 11.7 Å². The third-order valence-electron chi connectivity index (χ3n) is 3.09. The normalized spacial score (nSPS) is 10.3. The maximum absolute atomic E-state index is 12.0. The van der Waals surface area contributed by atoms with Crippen LogP contribution in [0.5, 0.6) is 5.75 Å². The summed E-state index contributed by atoms with van der Waals surface area (Å²) in [6.45, 7) is 1.88. The first-order chi connectivity index (χ1) is 9.40. The Labute approximate surface area is 115 Å². The molecule has 1 aromatic carbocycles. The SMILES string of the molecule is Cc1ccc(C(=O)Nc2ccc(C(=O)O)c(O)c2)n1C. The number of carbonyl (C=O) groups excluding carboxylic acids is 1. The Kier molecular flexibility index (Phi) is 3.47. The minimum Gasteiger partial charge on any atom is -0.507 e. The number of anilines is 1. The Bertz CT molecular complexity index is 688. The molecule has 104 valence electrons. The summed E-state index contributed by atoms with van der Waals surface area (Å²) < 4.78 is 1.74. The highest BCUT2D eigenvalue weighted by molar-refractivity contribution is 6.03. The topological polar surface area (TPSA) is 91.6 Å². The number of phenols is 1. The highest BCUT2D eigenvalue weighted by atomic mass is 16.4. The molecule has 0 atom stereocenters. The second-order valence-electron chi connectivity index (χ2n) is 4.41. The van der Waals surface area contributed by atoms with E-state index >= 15 is 0 Å². The van der Waals surface area contributed by atoms with Crippen LogP contribution in [0.4, 0.5) is 5.69 Å². The first-order valence-electron chi connectivity index (χ1n) is 5.90. The van der Waals surface area contributed by atoms with Crippen LogP contribution < -0.4 is 5.32 Å². The van der Waals surface area contributed by atoms with Crippen molar-refractivity contribution >= 4 is 17.6 Å². The number of carboxylic acids is 1. The Morgan fingerprint density at radius 2 is 1.90 bits per heavy atom. The third-order valence-corrected chi connectivity index (χ3v) is 3.09. The van der Waals surface area contributed by atoms with E-state index in [1.807, 2.05) is 13.0 Å². The van der Waals surface area contributed by atoms with E-state index in [0.717, 1.165) is 5.69 Å². The first-order valence-corrected chi connectivity index (χ1v) is 5.90. The molecule has 20 heavy (non-hydrogen) atoms. The maximum atomic E-state index is 12.0. The molecule has 0 radical (unpaired) electrons. The molecule has 1 amide bonds. The van der Waals surface area contributed by atoms with Crippen molar-refractivity contribution in [3.05, 3.63) is 47.3 Å². The summed E-state index contributed by atoms with van der Waals surface area (Å²) in [5, 5.41) is 21.0. The molecule has 6 nitrogen and oxygen atoms in total. The molecular weight excluding hydrogens is 260 g/mol. The maximum Gasteiger partial charge on any atom is 0.339 e. The van der Waals surface area contributed by atoms with Gasteiger partial charge in [-0.2, -0.15) is 0 Å². The molecule has 0 spiro atoms. The Hall–Kier alpha value is -2.76. The van der Waals surface area contributed by atoms with Crippen molar-refractivity contribution in [2.24, 2.45) is 7.05 Å². The van der Waals surface area contributed by atoms with Crippen molar-refractivity contribution < 1.29 is 19.8 Å². The Morgan fingerprint density at radius 1 is 1.20 bits per heavy atom. The number of nitrogens with one attached hydrogen (secondary N) is 1. The number of benzene rings is 1. The number of nitrogens with zero attached hydrogens (tertiary/aromatic N) is 1. The second kappa shape index (κ2) is 5.08. The molecule has 0 aliphatic carbocycles. The second-order valence-corrected chi connectivity index (χ2v) is 4.41. The van der Waals surface area contributed by atoms with Crippen LogP contribution in [0.2, 0.25) is 0 Å². The molecule has 3 N–H and O–H groups in total. The average molecular weight is 274 g/mol. The van der Waals surface area contributed by atoms with Crippen LogP contribution in [0.3, 0.4) is 0 Å². The molecule has 0 aliphatic heterocycles. The van der Waals surface area contributed by atoms with Crippen molar-refractivity contribution in [1.29, 1.82) is 0 Å². The predicted octanol–water partition coefficient (Wildman–Crippen LogP) is 1.99. The zero-order valence-electron chi connectivity index (χ0n) is 11.0. The van der Waals surface area contributed by atoms with E-state index in [-0.39, 0.29) is 11.5 Å². The summed E-state index contributed by atoms with van der Waals surface area (Å²) in [6, 6.07) is 7.38. The molecule has 6 heteroatoms. The fourth-order valence-electron chi connectivity index (χ4n) is 1.83. The van der Waals surface area contributed by atoms with Gasteiger partial charge in [0.25, 0.3) is 5.91 Å². The van der Waals surface area contributed by atoms with E-state index in [2.05, 4.69) is 5.32 Å². The van der Waals surface area contributed by atoms with Gasteiger partial charge in [0, 0.05) is 24.5 Å². The molecule has 2 aromatic rings. The number of hydrogen-bond acceptors (Lipinski definition) is 3. The number of aromatic hydroxyl groups is 1. The van der Waals surface area contributed by atoms with Gasteiger partial charge in [-0.3, -0.25) is 4.79 Å². The number of rotatable bonds is 3. The van der Waals surface area contributed by atoms with E-state index in [9.17, 15) is 14.7 Å². The predicted molar refractivity (Wildman–Crippen MR) is 73.2 cm³/mol. The van der Waals surface area contributed by atoms with Crippen molar-refractivity contribution in [2.75, 3.05) is 5.32 Å². The van der Waals surface area contributed by atoms with E-state index in [1.165, 1.54) is 18.2 Å². The lowest BCUT2D eigenvalue weighted by atomic mass is 10.2. The molecule has 0 fully saturated rings. The lowest BCUT2D eigenvalue weighted by molar-refractivity contribution is 0.0693. The number of carboxylic acid groups (broad SMARTS) is 1. The van der Waals surface area contributed by atoms with Gasteiger partial charge in [0.1, 0.15) is 17.0 Å². The number of aryl methyl sites for hydroxylation is 1. The smallest absolute Gasteiger partial charge is 0.339 e. The van der Waals surface area contributed by atoms with Crippen molar-refractivity contribution in [1.82, 2.24) is 4.57 Å². The van der Waals surface area contributed by atoms with Gasteiger partial charge in [-0.25, -0.2) is 4.79 Å². The minimum absolute atomic E-state index is 0.210. The van der Waals surface area contributed by atoms with Crippen molar-refractivity contribution in [2.45, 2.75) is 6.92 Å². The summed E-state index contributed by atoms with van der Waals surface area (Å²) in [6.07, 6.45) is 0. The van der Waals surface area contributed by atoms with E-state index in [0.29, 0.717) is 11.4 Å². The quantitative estimate of drug-likeness (QED) is 0.798. The number of aromatic nitrogens is 1. The van der Waals surface area contributed by atoms with E-state index in [4.69, 9.17) is 5.11 Å². The van der Waals surface area contributed by atoms with Gasteiger partial charge in [-0.05, 0) is 31.2 Å². The largest absolute Gasteiger partial charge is 0.507 e. The lowest BCUT2D eigenvalue weighted by Crippen LogP contribution is -2.16. The van der Waals surface area contributed by atoms with Crippen LogP contribution >= 0.6 is 0 Å². The Morgan fingerprint density at radius 3 is 2.40 bits per heavy atom. The fourth-order valence-corrected chi connectivity index (χ4v) is 1.83. The lowest BCUT2D eigenvalue weighted by Gasteiger charge is -2.08. The van der Waals surface area contributed by atoms with Gasteiger partial charge < -0.3 is 20.1 Å². The molecule has 0 saturated heterocycles. The van der Waals surface area contributed by atoms with Crippen molar-refractivity contribution in [3.8, 4) is 5.75 Å². The monoisotopic (exact) mass is 274 g/mol. The average Bonchev–Trinajstić information content (AvgIpc) is 2.69. The molecule has 2 rings (SSSR count). The summed E-state index contributed by atoms with van der Waals surface area (Å²) >= 11 is 0. The molecule has 0 bridgehead atoms. The number of aromatic carboxylic acids is 1. The van der Waals surface area contributed by atoms with Crippen LogP contribution in [-0.4, -0.2) is 26.7 Å². The number of hydrogen-bond donors (Lipinski definition) is 3. The van der Waals surface area contributed by atoms with Gasteiger partial charge in [-0.15, -0.1) is 0 Å². The minimum atomic E-state index is -1.22. The zero-order valence-corrected chi connectivity index (χ0v) is 11.0. The van der Waals surface area contributed by atoms with E-state index in [1.54, 1.807) is 17.7 Å². The molecule has 1 heterocycles. The summed E-state index contributed by atoms with van der Waals surface area (Å²) in [4.78, 5) is 22.8. The first kappa shape index (κ1) is 13.7.